The molecule has 0 rings (SSSR count). The fraction of sp³-hybridized carbons (Fsp3) is 0.644. The molecule has 0 bridgehead atoms. The van der Waals surface area contributed by atoms with Crippen molar-refractivity contribution >= 4 is 33.6 Å². The smallest absolute Gasteiger partial charge is 0.463 e. The zero-order valence-electron chi connectivity index (χ0n) is 65.3. The number of phosphoric ester groups is 2. The van der Waals surface area contributed by atoms with E-state index in [-0.39, 0.29) is 19.3 Å². The summed E-state index contributed by atoms with van der Waals surface area (Å²) in [7, 11) is -9.82. The van der Waals surface area contributed by atoms with Gasteiger partial charge in [-0.05, 0) is 154 Å². The first kappa shape index (κ1) is 99.9. The van der Waals surface area contributed by atoms with Gasteiger partial charge in [-0.1, -0.05) is 300 Å². The van der Waals surface area contributed by atoms with Gasteiger partial charge in [-0.15, -0.1) is 0 Å². The molecule has 5 unspecified atom stereocenters. The standard InChI is InChI=1S/C87H144O16P2/c1-4-7-10-13-16-19-22-25-28-31-34-36-37-38-39-40-41-42-43-45-48-49-52-55-58-61-64-67-70-73-85(90)97-76-82(88)77-99-104(93,94)100-78-83(89)79-101-105(95,96)102-81-84(103-87(92)75-72-69-66-63-60-57-54-51-46-33-30-27-24-21-18-15-12-9-6-3)80-98-86(91)74-71-68-65-62-59-56-53-50-47-44-35-32-29-26-23-20-17-14-11-8-5-2/h7,9-10,12,16-21,25-30,34-36,38-39,41-42,44,46,50-51,53,82-84,88-89H,4-6,8,11,13-15,22-24,31-33,37,40,43,45,47-49,52,54-81H2,1-3H3,(H,93,94)(H,95,96)/b10-7-,12-9-,19-16-,20-17-,21-18-,28-25-,29-26-,30-27-,36-34-,39-38-,42-41-,44-35-,51-46-,53-50-. The van der Waals surface area contributed by atoms with Gasteiger partial charge in [0.25, 0.3) is 0 Å². The minimum atomic E-state index is -4.95. The number of unbranched alkanes of at least 4 members (excludes halogenated alkanes) is 24. The van der Waals surface area contributed by atoms with E-state index in [1.165, 1.54) is 57.8 Å². The SMILES string of the molecule is CC/C=C\C/C=C\C/C=C\C/C=C\C/C=C\C/C=C\CCCCCCCCCCCCC(=O)OCC(O)COP(=O)(O)OCC(O)COP(=O)(O)OCC(COC(=O)CCCCCCC/C=C\C/C=C\C/C=C\C/C=C\CCCCC)OC(=O)CCCCCCCC/C=C\C/C=C\C/C=C\C/C=C\CC. The van der Waals surface area contributed by atoms with Gasteiger partial charge in [0.15, 0.2) is 6.10 Å². The highest BCUT2D eigenvalue weighted by molar-refractivity contribution is 7.47. The fourth-order valence-electron chi connectivity index (χ4n) is 10.3. The number of ether oxygens (including phenoxy) is 3. The molecule has 105 heavy (non-hydrogen) atoms. The lowest BCUT2D eigenvalue weighted by molar-refractivity contribution is -0.161. The Bertz CT molecular complexity index is 2590. The van der Waals surface area contributed by atoms with Crippen molar-refractivity contribution in [1.82, 2.24) is 0 Å². The van der Waals surface area contributed by atoms with Crippen LogP contribution >= 0.6 is 15.6 Å². The number of aliphatic hydroxyl groups excluding tert-OH is 2. The van der Waals surface area contributed by atoms with Crippen LogP contribution in [0.15, 0.2) is 170 Å². The largest absolute Gasteiger partial charge is 0.472 e. The predicted octanol–water partition coefficient (Wildman–Crippen LogP) is 24.0. The summed E-state index contributed by atoms with van der Waals surface area (Å²) >= 11 is 0. The van der Waals surface area contributed by atoms with Crippen LogP contribution in [-0.4, -0.2) is 95.9 Å². The Labute approximate surface area is 637 Å². The van der Waals surface area contributed by atoms with Gasteiger partial charge in [0.1, 0.15) is 25.4 Å². The van der Waals surface area contributed by atoms with Gasteiger partial charge in [-0.3, -0.25) is 32.5 Å². The van der Waals surface area contributed by atoms with Gasteiger partial charge in [0.05, 0.1) is 26.4 Å². The molecule has 0 aromatic rings. The van der Waals surface area contributed by atoms with Crippen LogP contribution in [-0.2, 0) is 55.8 Å². The summed E-state index contributed by atoms with van der Waals surface area (Å²) in [6.45, 7) is 2.38. The van der Waals surface area contributed by atoms with Crippen LogP contribution in [0, 0.1) is 0 Å². The van der Waals surface area contributed by atoms with Crippen LogP contribution in [0.4, 0.5) is 0 Å². The first-order valence-electron chi connectivity index (χ1n) is 40.4. The molecule has 0 radical (unpaired) electrons. The average Bonchev–Trinajstić information content (AvgIpc) is 0.911. The Kier molecular flexibility index (Phi) is 74.7. The first-order chi connectivity index (χ1) is 51.2. The molecule has 0 spiro atoms. The summed E-state index contributed by atoms with van der Waals surface area (Å²) in [5.74, 6) is -1.62. The van der Waals surface area contributed by atoms with E-state index < -0.39 is 91.5 Å². The highest BCUT2D eigenvalue weighted by Crippen LogP contribution is 2.45. The molecule has 0 aliphatic heterocycles. The molecular formula is C87H144O16P2. The summed E-state index contributed by atoms with van der Waals surface area (Å²) < 4.78 is 61.2. The van der Waals surface area contributed by atoms with Gasteiger partial charge in [0, 0.05) is 19.3 Å². The lowest BCUT2D eigenvalue weighted by Gasteiger charge is -2.21. The van der Waals surface area contributed by atoms with Crippen LogP contribution in [0.2, 0.25) is 0 Å². The quantitative estimate of drug-likeness (QED) is 0.0146. The van der Waals surface area contributed by atoms with Gasteiger partial charge in [-0.2, -0.15) is 0 Å². The minimum Gasteiger partial charge on any atom is -0.463 e. The zero-order chi connectivity index (χ0) is 76.6. The van der Waals surface area contributed by atoms with E-state index in [0.717, 1.165) is 186 Å². The Balaban J connectivity index is 4.64. The Hall–Kier alpha value is -5.09. The number of esters is 3. The molecule has 0 saturated carbocycles. The van der Waals surface area contributed by atoms with Crippen LogP contribution < -0.4 is 0 Å². The molecule has 0 aliphatic carbocycles. The van der Waals surface area contributed by atoms with Crippen molar-refractivity contribution in [2.24, 2.45) is 0 Å². The first-order valence-corrected chi connectivity index (χ1v) is 43.4. The molecule has 0 aliphatic rings. The van der Waals surface area contributed by atoms with Crippen LogP contribution in [0.5, 0.6) is 0 Å². The van der Waals surface area contributed by atoms with Crippen molar-refractivity contribution in [2.45, 2.75) is 322 Å². The topological polar surface area (TPSA) is 231 Å². The van der Waals surface area contributed by atoms with Gasteiger partial charge in [-0.25, -0.2) is 9.13 Å². The van der Waals surface area contributed by atoms with Crippen LogP contribution in [0.1, 0.15) is 303 Å². The summed E-state index contributed by atoms with van der Waals surface area (Å²) in [6.07, 6.45) is 99.6. The van der Waals surface area contributed by atoms with Crippen molar-refractivity contribution < 1.29 is 75.8 Å². The zero-order valence-corrected chi connectivity index (χ0v) is 67.1. The van der Waals surface area contributed by atoms with Crippen molar-refractivity contribution in [3.05, 3.63) is 170 Å². The van der Waals surface area contributed by atoms with Crippen LogP contribution in [0.3, 0.4) is 0 Å². The van der Waals surface area contributed by atoms with Crippen molar-refractivity contribution in [2.75, 3.05) is 39.6 Å². The number of aliphatic hydroxyl groups is 2. The maximum absolute atomic E-state index is 13.0. The number of rotatable bonds is 75. The summed E-state index contributed by atoms with van der Waals surface area (Å²) in [5.41, 5.74) is 0. The lowest BCUT2D eigenvalue weighted by Crippen LogP contribution is -2.30. The predicted molar refractivity (Wildman–Crippen MR) is 435 cm³/mol. The normalized spacial score (nSPS) is 14.8. The van der Waals surface area contributed by atoms with E-state index in [1.54, 1.807) is 0 Å². The van der Waals surface area contributed by atoms with Crippen molar-refractivity contribution in [3.63, 3.8) is 0 Å². The second-order valence-corrected chi connectivity index (χ2v) is 29.4. The van der Waals surface area contributed by atoms with E-state index in [9.17, 15) is 43.5 Å². The maximum Gasteiger partial charge on any atom is 0.472 e. The molecule has 4 N–H and O–H groups in total. The van der Waals surface area contributed by atoms with E-state index >= 15 is 0 Å². The molecular weight excluding hydrogens is 1360 g/mol. The monoisotopic (exact) mass is 1510 g/mol. The summed E-state index contributed by atoms with van der Waals surface area (Å²) in [5, 5.41) is 20.7. The van der Waals surface area contributed by atoms with E-state index in [2.05, 4.69) is 191 Å². The molecule has 0 amide bonds. The Morgan fingerprint density at radius 3 is 0.800 bits per heavy atom. The molecule has 5 atom stereocenters. The van der Waals surface area contributed by atoms with Crippen molar-refractivity contribution in [3.8, 4) is 0 Å². The third kappa shape index (κ3) is 79.8. The van der Waals surface area contributed by atoms with Crippen LogP contribution in [0.25, 0.3) is 0 Å². The average molecular weight is 1510 g/mol. The Morgan fingerprint density at radius 1 is 0.276 bits per heavy atom. The molecule has 0 aromatic heterocycles. The number of carbonyl (C=O) groups excluding carboxylic acids is 3. The number of carbonyl (C=O) groups is 3. The molecule has 0 aromatic carbocycles. The van der Waals surface area contributed by atoms with E-state index in [1.807, 2.05) is 0 Å². The second-order valence-electron chi connectivity index (χ2n) is 26.5. The minimum absolute atomic E-state index is 0.0783. The third-order valence-corrected chi connectivity index (χ3v) is 18.3. The van der Waals surface area contributed by atoms with Gasteiger partial charge < -0.3 is 34.2 Å². The number of hydrogen-bond donors (Lipinski definition) is 4. The number of hydrogen-bond acceptors (Lipinski definition) is 14. The fourth-order valence-corrected chi connectivity index (χ4v) is 11.9. The summed E-state index contributed by atoms with van der Waals surface area (Å²) in [6, 6.07) is 0. The maximum atomic E-state index is 13.0. The van der Waals surface area contributed by atoms with Crippen molar-refractivity contribution in [1.29, 1.82) is 0 Å². The van der Waals surface area contributed by atoms with Gasteiger partial charge in [0.2, 0.25) is 0 Å². The molecule has 0 saturated heterocycles. The highest BCUT2D eigenvalue weighted by atomic mass is 31.2. The van der Waals surface area contributed by atoms with E-state index in [4.69, 9.17) is 32.3 Å². The Morgan fingerprint density at radius 2 is 0.505 bits per heavy atom. The summed E-state index contributed by atoms with van der Waals surface area (Å²) in [4.78, 5) is 58.7. The number of allylic oxidation sites excluding steroid dienone is 28. The molecule has 16 nitrogen and oxygen atoms in total. The highest BCUT2D eigenvalue weighted by Gasteiger charge is 2.29. The van der Waals surface area contributed by atoms with E-state index in [0.29, 0.717) is 19.3 Å². The molecule has 18 heteroatoms. The lowest BCUT2D eigenvalue weighted by atomic mass is 10.1. The molecule has 598 valence electrons. The molecule has 0 fully saturated rings. The second kappa shape index (κ2) is 78.5. The molecule has 0 heterocycles. The van der Waals surface area contributed by atoms with Gasteiger partial charge >= 0.3 is 33.6 Å². The number of phosphoric acid groups is 2. The third-order valence-electron chi connectivity index (χ3n) is 16.4.